The maximum atomic E-state index is 12.2. The third-order valence-corrected chi connectivity index (χ3v) is 6.13. The van der Waals surface area contributed by atoms with Gasteiger partial charge in [-0.1, -0.05) is 12.1 Å². The minimum absolute atomic E-state index is 0.114. The first kappa shape index (κ1) is 19.2. The summed E-state index contributed by atoms with van der Waals surface area (Å²) in [6.45, 7) is 8.28. The van der Waals surface area contributed by atoms with E-state index < -0.39 is 5.60 Å². The molecule has 2 fully saturated rings. The summed E-state index contributed by atoms with van der Waals surface area (Å²) in [5.41, 5.74) is 1.52. The highest BCUT2D eigenvalue weighted by Gasteiger charge is 2.41. The number of likely N-dealkylation sites (tertiary alicyclic amines) is 1. The monoisotopic (exact) mass is 359 g/mol. The Morgan fingerprint density at radius 1 is 1.23 bits per heavy atom. The normalized spacial score (nSPS) is 26.5. The second-order valence-corrected chi connectivity index (χ2v) is 8.50. The lowest BCUT2D eigenvalue weighted by Crippen LogP contribution is -2.56. The fourth-order valence-electron chi connectivity index (χ4n) is 4.55. The van der Waals surface area contributed by atoms with Crippen LogP contribution in [-0.2, 0) is 4.79 Å². The van der Waals surface area contributed by atoms with Crippen LogP contribution < -0.4 is 10.2 Å². The number of anilines is 1. The van der Waals surface area contributed by atoms with Gasteiger partial charge in [0.1, 0.15) is 0 Å². The standard InChI is InChI=1S/C21H33N3O2/c1-17-6-4-7-18(14-17)24-12-9-21(26,10-13-24)16-23-11-5-8-20(2,15-23)19(25)22-3/h4,6-7,14,26H,5,8-13,15-16H2,1-3H3,(H,22,25)/t20-/m1/s1. The van der Waals surface area contributed by atoms with Gasteiger partial charge in [0.2, 0.25) is 5.91 Å². The molecule has 0 bridgehead atoms. The van der Waals surface area contributed by atoms with Gasteiger partial charge in [-0.25, -0.2) is 0 Å². The number of carbonyl (C=O) groups excluding carboxylic acids is 1. The van der Waals surface area contributed by atoms with Crippen molar-refractivity contribution in [3.05, 3.63) is 29.8 Å². The van der Waals surface area contributed by atoms with E-state index in [0.717, 1.165) is 51.9 Å². The highest BCUT2D eigenvalue weighted by atomic mass is 16.3. The Hall–Kier alpha value is -1.59. The molecule has 2 aliphatic heterocycles. The highest BCUT2D eigenvalue weighted by molar-refractivity contribution is 5.82. The molecule has 1 aromatic rings. The van der Waals surface area contributed by atoms with Gasteiger partial charge in [-0.2, -0.15) is 0 Å². The zero-order valence-corrected chi connectivity index (χ0v) is 16.4. The van der Waals surface area contributed by atoms with Crippen LogP contribution in [0.1, 0.15) is 38.2 Å². The predicted molar refractivity (Wildman–Crippen MR) is 105 cm³/mol. The summed E-state index contributed by atoms with van der Waals surface area (Å²) in [6, 6.07) is 8.57. The topological polar surface area (TPSA) is 55.8 Å². The maximum Gasteiger partial charge on any atom is 0.226 e. The van der Waals surface area contributed by atoms with E-state index in [2.05, 4.69) is 46.3 Å². The smallest absolute Gasteiger partial charge is 0.226 e. The molecule has 0 unspecified atom stereocenters. The van der Waals surface area contributed by atoms with Gasteiger partial charge in [-0.05, 0) is 63.8 Å². The molecule has 0 aliphatic carbocycles. The third-order valence-electron chi connectivity index (χ3n) is 6.13. The van der Waals surface area contributed by atoms with Crippen molar-refractivity contribution in [2.24, 2.45) is 5.41 Å². The Balaban J connectivity index is 1.58. The second kappa shape index (κ2) is 7.57. The van der Waals surface area contributed by atoms with Gasteiger partial charge in [-0.15, -0.1) is 0 Å². The quantitative estimate of drug-likeness (QED) is 0.865. The first-order valence-electron chi connectivity index (χ1n) is 9.82. The van der Waals surface area contributed by atoms with Gasteiger partial charge in [-0.3, -0.25) is 9.69 Å². The van der Waals surface area contributed by atoms with Crippen molar-refractivity contribution >= 4 is 11.6 Å². The van der Waals surface area contributed by atoms with E-state index in [1.165, 1.54) is 11.3 Å². The first-order valence-corrected chi connectivity index (χ1v) is 9.82. The van der Waals surface area contributed by atoms with E-state index >= 15 is 0 Å². The van der Waals surface area contributed by atoms with Crippen molar-refractivity contribution in [2.75, 3.05) is 44.7 Å². The fourth-order valence-corrected chi connectivity index (χ4v) is 4.55. The summed E-state index contributed by atoms with van der Waals surface area (Å²) in [5, 5.41) is 13.9. The number of nitrogens with zero attached hydrogens (tertiary/aromatic N) is 2. The molecular formula is C21H33N3O2. The molecule has 1 atom stereocenters. The summed E-state index contributed by atoms with van der Waals surface area (Å²) in [4.78, 5) is 16.9. The number of piperidine rings is 2. The molecule has 0 aromatic heterocycles. The van der Waals surface area contributed by atoms with E-state index in [4.69, 9.17) is 0 Å². The van der Waals surface area contributed by atoms with Crippen molar-refractivity contribution in [3.63, 3.8) is 0 Å². The largest absolute Gasteiger partial charge is 0.388 e. The van der Waals surface area contributed by atoms with Crippen LogP contribution in [0.5, 0.6) is 0 Å². The molecule has 1 amide bonds. The predicted octanol–water partition coefficient (Wildman–Crippen LogP) is 2.17. The van der Waals surface area contributed by atoms with Gasteiger partial charge in [0.05, 0.1) is 11.0 Å². The van der Waals surface area contributed by atoms with Crippen LogP contribution in [0.3, 0.4) is 0 Å². The zero-order valence-electron chi connectivity index (χ0n) is 16.4. The number of hydrogen-bond donors (Lipinski definition) is 2. The third kappa shape index (κ3) is 4.21. The minimum Gasteiger partial charge on any atom is -0.388 e. The molecular weight excluding hydrogens is 326 g/mol. The van der Waals surface area contributed by atoms with Crippen LogP contribution in [-0.4, -0.2) is 61.3 Å². The molecule has 144 valence electrons. The Bertz CT molecular complexity index is 640. The van der Waals surface area contributed by atoms with Crippen molar-refractivity contribution < 1.29 is 9.90 Å². The summed E-state index contributed by atoms with van der Waals surface area (Å²) in [6.07, 6.45) is 3.47. The molecule has 5 nitrogen and oxygen atoms in total. The van der Waals surface area contributed by atoms with Crippen molar-refractivity contribution in [3.8, 4) is 0 Å². The number of hydrogen-bond acceptors (Lipinski definition) is 4. The molecule has 26 heavy (non-hydrogen) atoms. The Labute approximate surface area is 157 Å². The number of aryl methyl sites for hydroxylation is 1. The molecule has 2 aliphatic rings. The zero-order chi connectivity index (χ0) is 18.8. The van der Waals surface area contributed by atoms with Crippen LogP contribution in [0.15, 0.2) is 24.3 Å². The highest BCUT2D eigenvalue weighted by Crippen LogP contribution is 2.33. The average molecular weight is 360 g/mol. The molecule has 2 heterocycles. The van der Waals surface area contributed by atoms with Crippen LogP contribution in [0.2, 0.25) is 0 Å². The number of nitrogens with one attached hydrogen (secondary N) is 1. The van der Waals surface area contributed by atoms with Gasteiger partial charge in [0.25, 0.3) is 0 Å². The number of benzene rings is 1. The maximum absolute atomic E-state index is 12.2. The molecule has 1 aromatic carbocycles. The van der Waals surface area contributed by atoms with Crippen molar-refractivity contribution in [1.29, 1.82) is 0 Å². The minimum atomic E-state index is -0.652. The summed E-state index contributed by atoms with van der Waals surface area (Å²) in [5.74, 6) is 0.114. The number of β-amino-alcohol motifs (C(OH)–C–C–N with tert-alkyl or cyclic N) is 1. The lowest BCUT2D eigenvalue weighted by Gasteiger charge is -2.45. The summed E-state index contributed by atoms with van der Waals surface area (Å²) in [7, 11) is 1.71. The second-order valence-electron chi connectivity index (χ2n) is 8.50. The number of carbonyl (C=O) groups is 1. The Morgan fingerprint density at radius 2 is 1.96 bits per heavy atom. The van der Waals surface area contributed by atoms with Gasteiger partial charge >= 0.3 is 0 Å². The van der Waals surface area contributed by atoms with E-state index in [9.17, 15) is 9.90 Å². The van der Waals surface area contributed by atoms with Crippen LogP contribution >= 0.6 is 0 Å². The van der Waals surface area contributed by atoms with E-state index in [1.54, 1.807) is 7.05 Å². The Kier molecular flexibility index (Phi) is 5.58. The lowest BCUT2D eigenvalue weighted by molar-refractivity contribution is -0.134. The molecule has 5 heteroatoms. The van der Waals surface area contributed by atoms with Gasteiger partial charge in [0.15, 0.2) is 0 Å². The van der Waals surface area contributed by atoms with E-state index in [1.807, 2.05) is 6.92 Å². The van der Waals surface area contributed by atoms with Crippen LogP contribution in [0.25, 0.3) is 0 Å². The molecule has 2 N–H and O–H groups in total. The first-order chi connectivity index (χ1) is 12.3. The summed E-state index contributed by atoms with van der Waals surface area (Å²) >= 11 is 0. The Morgan fingerprint density at radius 3 is 2.62 bits per heavy atom. The molecule has 0 saturated carbocycles. The SMILES string of the molecule is CNC(=O)[C@]1(C)CCCN(CC2(O)CCN(c3cccc(C)c3)CC2)C1. The van der Waals surface area contributed by atoms with Gasteiger partial charge in [0, 0.05) is 38.9 Å². The van der Waals surface area contributed by atoms with E-state index in [-0.39, 0.29) is 11.3 Å². The molecule has 0 radical (unpaired) electrons. The molecule has 3 rings (SSSR count). The summed E-state index contributed by atoms with van der Waals surface area (Å²) < 4.78 is 0. The van der Waals surface area contributed by atoms with E-state index in [0.29, 0.717) is 6.54 Å². The van der Waals surface area contributed by atoms with Crippen LogP contribution in [0.4, 0.5) is 5.69 Å². The van der Waals surface area contributed by atoms with Crippen molar-refractivity contribution in [2.45, 2.75) is 45.1 Å². The fraction of sp³-hybridized carbons (Fsp3) is 0.667. The van der Waals surface area contributed by atoms with Crippen molar-refractivity contribution in [1.82, 2.24) is 10.2 Å². The number of aliphatic hydroxyl groups is 1. The molecule has 0 spiro atoms. The van der Waals surface area contributed by atoms with Gasteiger partial charge < -0.3 is 15.3 Å². The average Bonchev–Trinajstić information content (AvgIpc) is 2.61. The lowest BCUT2D eigenvalue weighted by atomic mass is 9.80. The number of rotatable bonds is 4. The number of amides is 1. The van der Waals surface area contributed by atoms with Crippen LogP contribution in [0, 0.1) is 12.3 Å². The molecule has 2 saturated heterocycles.